The van der Waals surface area contributed by atoms with E-state index in [1.807, 2.05) is 17.9 Å². The summed E-state index contributed by atoms with van der Waals surface area (Å²) in [7, 11) is 0. The van der Waals surface area contributed by atoms with Gasteiger partial charge in [-0.15, -0.1) is 0 Å². The van der Waals surface area contributed by atoms with Crippen LogP contribution in [0.5, 0.6) is 0 Å². The zero-order valence-corrected chi connectivity index (χ0v) is 19.3. The summed E-state index contributed by atoms with van der Waals surface area (Å²) < 4.78 is 41.2. The van der Waals surface area contributed by atoms with Gasteiger partial charge in [-0.25, -0.2) is 18.7 Å². The van der Waals surface area contributed by atoms with Crippen molar-refractivity contribution in [3.05, 3.63) is 41.2 Å². The van der Waals surface area contributed by atoms with Gasteiger partial charge in [0.25, 0.3) is 5.92 Å². The van der Waals surface area contributed by atoms with Crippen LogP contribution in [0.25, 0.3) is 0 Å². The number of morpholine rings is 1. The molecule has 5 rings (SSSR count). The summed E-state index contributed by atoms with van der Waals surface area (Å²) in [5.74, 6) is -2.38. The largest absolute Gasteiger partial charge is 0.378 e. The third-order valence-corrected chi connectivity index (χ3v) is 6.99. The molecule has 1 atom stereocenters. The first-order chi connectivity index (χ1) is 16.4. The van der Waals surface area contributed by atoms with Crippen LogP contribution in [0, 0.1) is 12.3 Å². The van der Waals surface area contributed by atoms with E-state index in [0.717, 1.165) is 24.5 Å². The molecule has 3 saturated heterocycles. The molecule has 0 spiro atoms. The molecular formula is C24H30F2N6O2. The van der Waals surface area contributed by atoms with Crippen LogP contribution in [0.4, 0.5) is 26.1 Å². The maximum atomic E-state index is 15.3. The number of hydrogen-bond donors (Lipinski definition) is 2. The molecule has 34 heavy (non-hydrogen) atoms. The molecule has 8 nitrogen and oxygen atoms in total. The Balaban J connectivity index is 1.40. The van der Waals surface area contributed by atoms with E-state index < -0.39 is 11.8 Å². The molecule has 0 bridgehead atoms. The summed E-state index contributed by atoms with van der Waals surface area (Å²) in [5.41, 5.74) is 2.60. The fraction of sp³-hybridized carbons (Fsp3) is 0.542. The summed E-state index contributed by atoms with van der Waals surface area (Å²) in [6.07, 6.45) is 3.10. The van der Waals surface area contributed by atoms with Gasteiger partial charge in [-0.05, 0) is 43.1 Å². The summed E-state index contributed by atoms with van der Waals surface area (Å²) >= 11 is 0. The van der Waals surface area contributed by atoms with Crippen molar-refractivity contribution in [2.75, 3.05) is 62.8 Å². The Bertz CT molecular complexity index is 1040. The van der Waals surface area contributed by atoms with Crippen LogP contribution in [0.3, 0.4) is 0 Å². The molecule has 182 valence electrons. The van der Waals surface area contributed by atoms with Crippen molar-refractivity contribution >= 4 is 23.5 Å². The number of aryl methyl sites for hydroxylation is 1. The second-order valence-electron chi connectivity index (χ2n) is 9.19. The van der Waals surface area contributed by atoms with E-state index in [-0.39, 0.29) is 12.6 Å². The Morgan fingerprint density at radius 1 is 1.12 bits per heavy atom. The van der Waals surface area contributed by atoms with Crippen molar-refractivity contribution in [3.63, 3.8) is 0 Å². The number of benzene rings is 1. The Labute approximate surface area is 197 Å². The Hall–Kier alpha value is -2.69. The monoisotopic (exact) mass is 472 g/mol. The highest BCUT2D eigenvalue weighted by molar-refractivity contribution is 5.88. The van der Waals surface area contributed by atoms with E-state index in [1.54, 1.807) is 12.1 Å². The van der Waals surface area contributed by atoms with Crippen molar-refractivity contribution in [3.8, 4) is 0 Å². The van der Waals surface area contributed by atoms with Crippen LogP contribution in [0.2, 0.25) is 0 Å². The molecule has 2 N–H and O–H groups in total. The van der Waals surface area contributed by atoms with E-state index in [0.29, 0.717) is 62.0 Å². The predicted octanol–water partition coefficient (Wildman–Crippen LogP) is 3.19. The van der Waals surface area contributed by atoms with E-state index in [1.165, 1.54) is 12.5 Å². The van der Waals surface area contributed by atoms with E-state index in [4.69, 9.17) is 14.9 Å². The highest BCUT2D eigenvalue weighted by Crippen LogP contribution is 2.43. The Morgan fingerprint density at radius 2 is 1.91 bits per heavy atom. The Morgan fingerprint density at radius 3 is 2.59 bits per heavy atom. The average molecular weight is 473 g/mol. The van der Waals surface area contributed by atoms with Crippen molar-refractivity contribution < 1.29 is 18.3 Å². The molecule has 4 heterocycles. The number of hydrogen-bond acceptors (Lipinski definition) is 8. The highest BCUT2D eigenvalue weighted by Gasteiger charge is 2.48. The minimum absolute atomic E-state index is 0.101. The van der Waals surface area contributed by atoms with E-state index in [9.17, 15) is 0 Å². The van der Waals surface area contributed by atoms with Gasteiger partial charge in [-0.1, -0.05) is 0 Å². The third kappa shape index (κ3) is 4.62. The van der Waals surface area contributed by atoms with Crippen LogP contribution in [-0.4, -0.2) is 85.7 Å². The number of nitrogens with one attached hydrogen (secondary N) is 2. The SMILES string of the molecule is Cc1cc(C=N)c(Nc2cc(N3CCOCC3)ncn2)cc1C1CCN(C2COC2)CC1(F)F. The standard InChI is InChI=1S/C24H30F2N6O2/c1-16-8-17(11-27)21(30-22-10-23(29-15-28-22)31-4-6-33-7-5-31)9-19(16)20-2-3-32(14-24(20,25)26)18-12-34-13-18/h8-11,15,18,20,27H,2-7,12-14H2,1H3,(H,28,29,30). The number of piperidine rings is 1. The molecule has 3 aliphatic heterocycles. The molecule has 0 amide bonds. The van der Waals surface area contributed by atoms with Crippen molar-refractivity contribution in [1.29, 1.82) is 5.41 Å². The molecule has 3 aliphatic rings. The third-order valence-electron chi connectivity index (χ3n) is 6.99. The number of ether oxygens (including phenoxy) is 2. The van der Waals surface area contributed by atoms with Gasteiger partial charge >= 0.3 is 0 Å². The minimum Gasteiger partial charge on any atom is -0.378 e. The van der Waals surface area contributed by atoms with Crippen molar-refractivity contribution in [2.45, 2.75) is 31.2 Å². The summed E-state index contributed by atoms with van der Waals surface area (Å²) in [6.45, 7) is 6.07. The van der Waals surface area contributed by atoms with Crippen molar-refractivity contribution in [2.24, 2.45) is 0 Å². The number of likely N-dealkylation sites (tertiary alicyclic amines) is 1. The molecule has 3 fully saturated rings. The van der Waals surface area contributed by atoms with Crippen LogP contribution in [0.1, 0.15) is 29.0 Å². The van der Waals surface area contributed by atoms with Crippen LogP contribution in [-0.2, 0) is 9.47 Å². The molecule has 1 unspecified atom stereocenters. The molecule has 0 saturated carbocycles. The molecule has 0 aliphatic carbocycles. The topological polar surface area (TPSA) is 86.6 Å². The molecule has 1 aromatic carbocycles. The first-order valence-electron chi connectivity index (χ1n) is 11.7. The van der Waals surface area contributed by atoms with Gasteiger partial charge in [0.1, 0.15) is 18.0 Å². The lowest BCUT2D eigenvalue weighted by molar-refractivity contribution is -0.136. The quantitative estimate of drug-likeness (QED) is 0.625. The maximum absolute atomic E-state index is 15.3. The number of nitrogens with zero attached hydrogens (tertiary/aromatic N) is 4. The first-order valence-corrected chi connectivity index (χ1v) is 11.7. The smallest absolute Gasteiger partial charge is 0.267 e. The molecular weight excluding hydrogens is 442 g/mol. The number of aromatic nitrogens is 2. The molecule has 10 heteroatoms. The second-order valence-corrected chi connectivity index (χ2v) is 9.19. The van der Waals surface area contributed by atoms with Gasteiger partial charge < -0.3 is 25.1 Å². The number of halogens is 2. The van der Waals surface area contributed by atoms with Gasteiger partial charge in [0.05, 0.1) is 44.9 Å². The van der Waals surface area contributed by atoms with Gasteiger partial charge in [0, 0.05) is 36.6 Å². The number of rotatable bonds is 6. The van der Waals surface area contributed by atoms with Gasteiger partial charge in [-0.2, -0.15) is 0 Å². The lowest BCUT2D eigenvalue weighted by Crippen LogP contribution is -2.57. The van der Waals surface area contributed by atoms with Gasteiger partial charge in [0.2, 0.25) is 0 Å². The van der Waals surface area contributed by atoms with E-state index in [2.05, 4.69) is 20.2 Å². The molecule has 2 aromatic rings. The number of anilines is 3. The van der Waals surface area contributed by atoms with Gasteiger partial charge in [0.15, 0.2) is 0 Å². The Kier molecular flexibility index (Phi) is 6.46. The van der Waals surface area contributed by atoms with Crippen LogP contribution in [0.15, 0.2) is 24.5 Å². The van der Waals surface area contributed by atoms with E-state index >= 15 is 8.78 Å². The maximum Gasteiger partial charge on any atom is 0.267 e. The zero-order chi connectivity index (χ0) is 23.7. The lowest BCUT2D eigenvalue weighted by atomic mass is 9.82. The second kappa shape index (κ2) is 9.52. The summed E-state index contributed by atoms with van der Waals surface area (Å²) in [6, 6.07) is 5.51. The summed E-state index contributed by atoms with van der Waals surface area (Å²) in [5, 5.41) is 11.1. The lowest BCUT2D eigenvalue weighted by Gasteiger charge is -2.45. The fourth-order valence-corrected chi connectivity index (χ4v) is 4.96. The number of alkyl halides is 2. The van der Waals surface area contributed by atoms with Crippen LogP contribution >= 0.6 is 0 Å². The highest BCUT2D eigenvalue weighted by atomic mass is 19.3. The van der Waals surface area contributed by atoms with Gasteiger partial charge in [-0.3, -0.25) is 4.90 Å². The normalized spacial score (nSPS) is 23.4. The predicted molar refractivity (Wildman–Crippen MR) is 126 cm³/mol. The molecule has 1 aromatic heterocycles. The van der Waals surface area contributed by atoms with Crippen molar-refractivity contribution in [1.82, 2.24) is 14.9 Å². The fourth-order valence-electron chi connectivity index (χ4n) is 4.96. The first kappa shape index (κ1) is 23.1. The zero-order valence-electron chi connectivity index (χ0n) is 19.3. The average Bonchev–Trinajstić information content (AvgIpc) is 2.79. The summed E-state index contributed by atoms with van der Waals surface area (Å²) in [4.78, 5) is 12.7. The minimum atomic E-state index is -2.85. The molecule has 0 radical (unpaired) electrons. The van der Waals surface area contributed by atoms with Crippen LogP contribution < -0.4 is 10.2 Å².